The number of hydrogen-bond donors (Lipinski definition) is 1. The zero-order valence-corrected chi connectivity index (χ0v) is 10.7. The number of amides is 1. The van der Waals surface area contributed by atoms with Gasteiger partial charge in [0.15, 0.2) is 0 Å². The van der Waals surface area contributed by atoms with E-state index in [2.05, 4.69) is 5.10 Å². The molecule has 0 fully saturated rings. The molecule has 0 bridgehead atoms. The number of fused-ring (bicyclic) bond motifs is 1. The maximum atomic E-state index is 12.3. The number of carbonyl (C=O) groups is 2. The number of hydrogen-bond acceptors (Lipinski definition) is 3. The summed E-state index contributed by atoms with van der Waals surface area (Å²) in [6, 6.07) is 6.67. The van der Waals surface area contributed by atoms with Gasteiger partial charge in [-0.3, -0.25) is 9.48 Å². The second-order valence-electron chi connectivity index (χ2n) is 4.65. The Labute approximate surface area is 115 Å². The SMILES string of the molecule is O=C(O)c1ccc2c(c1)N(C(=O)Cn1cccn1)CC2. The molecule has 0 spiro atoms. The summed E-state index contributed by atoms with van der Waals surface area (Å²) in [5, 5.41) is 13.0. The molecule has 2 aromatic rings. The van der Waals surface area contributed by atoms with Crippen molar-refractivity contribution in [2.75, 3.05) is 11.4 Å². The third-order valence-corrected chi connectivity index (χ3v) is 3.39. The number of anilines is 1. The molecule has 102 valence electrons. The number of aromatic carboxylic acids is 1. The number of benzene rings is 1. The highest BCUT2D eigenvalue weighted by molar-refractivity contribution is 5.97. The summed E-state index contributed by atoms with van der Waals surface area (Å²) in [6.07, 6.45) is 4.09. The van der Waals surface area contributed by atoms with Crippen molar-refractivity contribution in [2.45, 2.75) is 13.0 Å². The van der Waals surface area contributed by atoms with E-state index in [9.17, 15) is 9.59 Å². The molecule has 6 nitrogen and oxygen atoms in total. The number of nitrogens with zero attached hydrogens (tertiary/aromatic N) is 3. The van der Waals surface area contributed by atoms with Gasteiger partial charge < -0.3 is 10.0 Å². The normalized spacial score (nSPS) is 13.3. The van der Waals surface area contributed by atoms with Crippen LogP contribution in [0.15, 0.2) is 36.7 Å². The summed E-state index contributed by atoms with van der Waals surface area (Å²) in [5.41, 5.74) is 1.90. The topological polar surface area (TPSA) is 75.4 Å². The minimum atomic E-state index is -0.987. The number of carboxylic acids is 1. The van der Waals surface area contributed by atoms with Crippen LogP contribution in [0.4, 0.5) is 5.69 Å². The zero-order valence-electron chi connectivity index (χ0n) is 10.7. The van der Waals surface area contributed by atoms with Crippen LogP contribution < -0.4 is 4.90 Å². The minimum absolute atomic E-state index is 0.0880. The van der Waals surface area contributed by atoms with E-state index >= 15 is 0 Å². The molecular weight excluding hydrogens is 258 g/mol. The highest BCUT2D eigenvalue weighted by atomic mass is 16.4. The van der Waals surface area contributed by atoms with E-state index in [1.54, 1.807) is 46.2 Å². The minimum Gasteiger partial charge on any atom is -0.478 e. The molecule has 1 aromatic carbocycles. The van der Waals surface area contributed by atoms with Gasteiger partial charge in [-0.1, -0.05) is 6.07 Å². The standard InChI is InChI=1S/C14H13N3O3/c18-13(9-16-6-1-5-15-16)17-7-4-10-2-3-11(14(19)20)8-12(10)17/h1-3,5-6,8H,4,7,9H2,(H,19,20). The second kappa shape index (κ2) is 4.80. The Morgan fingerprint density at radius 3 is 2.90 bits per heavy atom. The Kier molecular flexibility index (Phi) is 2.98. The van der Waals surface area contributed by atoms with E-state index in [0.717, 1.165) is 12.0 Å². The van der Waals surface area contributed by atoms with Gasteiger partial charge in [0.2, 0.25) is 5.91 Å². The second-order valence-corrected chi connectivity index (χ2v) is 4.65. The lowest BCUT2D eigenvalue weighted by Crippen LogP contribution is -2.32. The van der Waals surface area contributed by atoms with Crippen LogP contribution >= 0.6 is 0 Å². The lowest BCUT2D eigenvalue weighted by Gasteiger charge is -2.17. The van der Waals surface area contributed by atoms with Gasteiger partial charge in [-0.05, 0) is 30.2 Å². The van der Waals surface area contributed by atoms with E-state index in [1.165, 1.54) is 0 Å². The molecule has 3 rings (SSSR count). The molecule has 0 atom stereocenters. The van der Waals surface area contributed by atoms with Gasteiger partial charge in [-0.15, -0.1) is 0 Å². The van der Waals surface area contributed by atoms with Crippen molar-refractivity contribution in [3.63, 3.8) is 0 Å². The first-order chi connectivity index (χ1) is 9.65. The quantitative estimate of drug-likeness (QED) is 0.909. The summed E-state index contributed by atoms with van der Waals surface area (Å²) < 4.78 is 1.56. The van der Waals surface area contributed by atoms with Crippen molar-refractivity contribution in [1.29, 1.82) is 0 Å². The van der Waals surface area contributed by atoms with Gasteiger partial charge >= 0.3 is 5.97 Å². The van der Waals surface area contributed by atoms with Gasteiger partial charge in [-0.25, -0.2) is 4.79 Å². The van der Waals surface area contributed by atoms with Crippen molar-refractivity contribution in [2.24, 2.45) is 0 Å². The van der Waals surface area contributed by atoms with Gasteiger partial charge in [0, 0.05) is 24.6 Å². The Bertz CT molecular complexity index is 664. The number of carboxylic acid groups (broad SMARTS) is 1. The number of carbonyl (C=O) groups excluding carboxylic acids is 1. The van der Waals surface area contributed by atoms with E-state index in [-0.39, 0.29) is 18.0 Å². The molecule has 1 aromatic heterocycles. The fourth-order valence-electron chi connectivity index (χ4n) is 2.39. The molecule has 2 heterocycles. The summed E-state index contributed by atoms with van der Waals surface area (Å²) in [6.45, 7) is 0.738. The summed E-state index contributed by atoms with van der Waals surface area (Å²) in [5.74, 6) is -1.07. The number of rotatable bonds is 3. The summed E-state index contributed by atoms with van der Waals surface area (Å²) in [7, 11) is 0. The average Bonchev–Trinajstić information content (AvgIpc) is 3.06. The Hall–Kier alpha value is -2.63. The molecule has 0 aliphatic carbocycles. The van der Waals surface area contributed by atoms with Crippen LogP contribution in [-0.4, -0.2) is 33.3 Å². The van der Waals surface area contributed by atoms with Crippen molar-refractivity contribution in [3.8, 4) is 0 Å². The monoisotopic (exact) mass is 271 g/mol. The van der Waals surface area contributed by atoms with Crippen LogP contribution in [0.3, 0.4) is 0 Å². The molecule has 1 aliphatic heterocycles. The van der Waals surface area contributed by atoms with E-state index in [0.29, 0.717) is 12.2 Å². The van der Waals surface area contributed by atoms with Gasteiger partial charge in [0.1, 0.15) is 6.54 Å². The highest BCUT2D eigenvalue weighted by Gasteiger charge is 2.25. The molecule has 6 heteroatoms. The number of aromatic nitrogens is 2. The molecule has 0 saturated carbocycles. The van der Waals surface area contributed by atoms with Crippen LogP contribution in [-0.2, 0) is 17.8 Å². The van der Waals surface area contributed by atoms with E-state index < -0.39 is 5.97 Å². The molecule has 1 aliphatic rings. The first-order valence-corrected chi connectivity index (χ1v) is 6.29. The zero-order chi connectivity index (χ0) is 14.1. The van der Waals surface area contributed by atoms with Crippen molar-refractivity contribution >= 4 is 17.6 Å². The molecule has 0 unspecified atom stereocenters. The molecule has 20 heavy (non-hydrogen) atoms. The van der Waals surface area contributed by atoms with Crippen molar-refractivity contribution in [3.05, 3.63) is 47.8 Å². The van der Waals surface area contributed by atoms with Crippen molar-refractivity contribution < 1.29 is 14.7 Å². The van der Waals surface area contributed by atoms with Gasteiger partial charge in [-0.2, -0.15) is 5.10 Å². The van der Waals surface area contributed by atoms with Crippen LogP contribution in [0, 0.1) is 0 Å². The van der Waals surface area contributed by atoms with E-state index in [1.807, 2.05) is 0 Å². The smallest absolute Gasteiger partial charge is 0.335 e. The first-order valence-electron chi connectivity index (χ1n) is 6.29. The Morgan fingerprint density at radius 2 is 2.20 bits per heavy atom. The predicted octanol–water partition coefficient (Wildman–Crippen LogP) is 1.17. The largest absolute Gasteiger partial charge is 0.478 e. The lowest BCUT2D eigenvalue weighted by atomic mass is 10.1. The molecule has 1 amide bonds. The van der Waals surface area contributed by atoms with Crippen LogP contribution in [0.2, 0.25) is 0 Å². The molecule has 0 radical (unpaired) electrons. The van der Waals surface area contributed by atoms with E-state index in [4.69, 9.17) is 5.11 Å². The third-order valence-electron chi connectivity index (χ3n) is 3.39. The van der Waals surface area contributed by atoms with Crippen LogP contribution in [0.25, 0.3) is 0 Å². The average molecular weight is 271 g/mol. The fraction of sp³-hybridized carbons (Fsp3) is 0.214. The fourth-order valence-corrected chi connectivity index (χ4v) is 2.39. The molecule has 1 N–H and O–H groups in total. The summed E-state index contributed by atoms with van der Waals surface area (Å²) in [4.78, 5) is 24.9. The Morgan fingerprint density at radius 1 is 1.35 bits per heavy atom. The first kappa shape index (κ1) is 12.4. The highest BCUT2D eigenvalue weighted by Crippen LogP contribution is 2.29. The van der Waals surface area contributed by atoms with Gasteiger partial charge in [0.05, 0.1) is 5.56 Å². The maximum Gasteiger partial charge on any atom is 0.335 e. The summed E-state index contributed by atoms with van der Waals surface area (Å²) >= 11 is 0. The Balaban J connectivity index is 1.86. The maximum absolute atomic E-state index is 12.3. The van der Waals surface area contributed by atoms with Crippen LogP contribution in [0.5, 0.6) is 0 Å². The van der Waals surface area contributed by atoms with Gasteiger partial charge in [0.25, 0.3) is 0 Å². The molecular formula is C14H13N3O3. The lowest BCUT2D eigenvalue weighted by molar-refractivity contribution is -0.119. The van der Waals surface area contributed by atoms with Crippen LogP contribution in [0.1, 0.15) is 15.9 Å². The molecule has 0 saturated heterocycles. The predicted molar refractivity (Wildman–Crippen MR) is 71.7 cm³/mol. The third kappa shape index (κ3) is 2.16. The van der Waals surface area contributed by atoms with Crippen molar-refractivity contribution in [1.82, 2.24) is 9.78 Å².